The molecule has 0 fully saturated rings. The van der Waals surface area contributed by atoms with E-state index in [1.807, 2.05) is 26.8 Å². The van der Waals surface area contributed by atoms with Gasteiger partial charge in [-0.15, -0.1) is 11.6 Å². The lowest BCUT2D eigenvalue weighted by Crippen LogP contribution is -2.24. The number of alkyl halides is 1. The fourth-order valence-corrected chi connectivity index (χ4v) is 4.05. The molecule has 0 aliphatic rings. The monoisotopic (exact) mass is 575 g/mol. The molecule has 2 aromatic carbocycles. The van der Waals surface area contributed by atoms with Crippen molar-refractivity contribution in [2.24, 2.45) is 0 Å². The van der Waals surface area contributed by atoms with Gasteiger partial charge < -0.3 is 20.1 Å². The van der Waals surface area contributed by atoms with Gasteiger partial charge in [-0.3, -0.25) is 9.59 Å². The molecule has 0 aliphatic carbocycles. The molecule has 3 aromatic heterocycles. The van der Waals surface area contributed by atoms with Crippen molar-refractivity contribution in [3.63, 3.8) is 0 Å². The van der Waals surface area contributed by atoms with E-state index < -0.39 is 17.1 Å². The van der Waals surface area contributed by atoms with Crippen LogP contribution in [-0.2, 0) is 16.8 Å². The molecule has 0 unspecified atom stereocenters. The molecule has 0 bridgehead atoms. The fourth-order valence-electron chi connectivity index (χ4n) is 4.00. The van der Waals surface area contributed by atoms with Crippen LogP contribution in [-0.4, -0.2) is 42.3 Å². The minimum absolute atomic E-state index is 0.0636. The highest BCUT2D eigenvalue weighted by atomic mass is 35.5. The first-order chi connectivity index (χ1) is 19.5. The number of hydrogen-bond donors (Lipinski definition) is 3. The Morgan fingerprint density at radius 2 is 1.90 bits per heavy atom. The standard InChI is InChI=1S/C29H27ClFN7O3/c1-15(30)25(39)34-19-7-5-6-17(12-19)23-35-22-20(10-11-32-24(22)36-23)16-8-9-18(21(31)13-16)14-33-26(40)27-37-28(38-41-27)29(2,3)4/h5-13,15H,14H2,1-4H3,(H,33,40)(H,34,39)(H,32,35,36)/t15-/m1/s1. The van der Waals surface area contributed by atoms with Crippen LogP contribution in [0.5, 0.6) is 0 Å². The second-order valence-corrected chi connectivity index (χ2v) is 11.1. The Bertz CT molecular complexity index is 1760. The van der Waals surface area contributed by atoms with Gasteiger partial charge in [0.2, 0.25) is 5.91 Å². The normalized spacial score (nSPS) is 12.3. The summed E-state index contributed by atoms with van der Waals surface area (Å²) in [6, 6.07) is 13.7. The number of H-pyrrole nitrogens is 1. The fraction of sp³-hybridized carbons (Fsp3) is 0.241. The highest BCUT2D eigenvalue weighted by Gasteiger charge is 2.24. The average Bonchev–Trinajstić information content (AvgIpc) is 3.60. The van der Waals surface area contributed by atoms with Crippen molar-refractivity contribution in [2.45, 2.75) is 45.0 Å². The molecule has 5 rings (SSSR count). The van der Waals surface area contributed by atoms with Gasteiger partial charge in [0.25, 0.3) is 0 Å². The summed E-state index contributed by atoms with van der Waals surface area (Å²) < 4.78 is 20.2. The van der Waals surface area contributed by atoms with E-state index >= 15 is 4.39 Å². The van der Waals surface area contributed by atoms with Crippen molar-refractivity contribution in [3.05, 3.63) is 77.8 Å². The Kier molecular flexibility index (Phi) is 7.55. The number of carbonyl (C=O) groups excluding carboxylic acids is 2. The van der Waals surface area contributed by atoms with E-state index in [1.165, 1.54) is 6.07 Å². The van der Waals surface area contributed by atoms with Crippen LogP contribution < -0.4 is 10.6 Å². The number of carbonyl (C=O) groups is 2. The zero-order valence-corrected chi connectivity index (χ0v) is 23.5. The lowest BCUT2D eigenvalue weighted by atomic mass is 9.96. The molecule has 5 aromatic rings. The van der Waals surface area contributed by atoms with Crippen LogP contribution in [0.15, 0.2) is 59.3 Å². The first-order valence-electron chi connectivity index (χ1n) is 12.8. The third-order valence-corrected chi connectivity index (χ3v) is 6.44. The number of pyridine rings is 1. The summed E-state index contributed by atoms with van der Waals surface area (Å²) in [7, 11) is 0. The van der Waals surface area contributed by atoms with Gasteiger partial charge in [-0.1, -0.05) is 50.2 Å². The Balaban J connectivity index is 1.35. The summed E-state index contributed by atoms with van der Waals surface area (Å²) in [6.45, 7) is 7.24. The second-order valence-electron chi connectivity index (χ2n) is 10.5. The van der Waals surface area contributed by atoms with Crippen LogP contribution >= 0.6 is 11.6 Å². The maximum atomic E-state index is 15.1. The zero-order chi connectivity index (χ0) is 29.3. The summed E-state index contributed by atoms with van der Waals surface area (Å²) in [5.41, 5.74) is 3.55. The first-order valence-corrected chi connectivity index (χ1v) is 13.2. The van der Waals surface area contributed by atoms with Crippen LogP contribution in [0.4, 0.5) is 10.1 Å². The van der Waals surface area contributed by atoms with Crippen LogP contribution in [0.2, 0.25) is 0 Å². The number of benzene rings is 2. The van der Waals surface area contributed by atoms with E-state index in [9.17, 15) is 9.59 Å². The van der Waals surface area contributed by atoms with Gasteiger partial charge >= 0.3 is 11.8 Å². The molecule has 12 heteroatoms. The van der Waals surface area contributed by atoms with Crippen LogP contribution in [0.1, 0.15) is 49.8 Å². The number of nitrogens with one attached hydrogen (secondary N) is 3. The highest BCUT2D eigenvalue weighted by Crippen LogP contribution is 2.30. The van der Waals surface area contributed by atoms with Gasteiger partial charge in [-0.2, -0.15) is 4.98 Å². The van der Waals surface area contributed by atoms with Crippen molar-refractivity contribution in [1.82, 2.24) is 30.4 Å². The number of halogens is 2. The van der Waals surface area contributed by atoms with Crippen molar-refractivity contribution >= 4 is 40.3 Å². The lowest BCUT2D eigenvalue weighted by molar-refractivity contribution is -0.115. The highest BCUT2D eigenvalue weighted by molar-refractivity contribution is 6.32. The number of fused-ring (bicyclic) bond motifs is 1. The quantitative estimate of drug-likeness (QED) is 0.214. The van der Waals surface area contributed by atoms with E-state index in [-0.39, 0.29) is 29.3 Å². The number of nitrogens with zero attached hydrogens (tertiary/aromatic N) is 4. The summed E-state index contributed by atoms with van der Waals surface area (Å²) in [6.07, 6.45) is 1.61. The molecule has 41 heavy (non-hydrogen) atoms. The average molecular weight is 576 g/mol. The van der Waals surface area contributed by atoms with E-state index in [4.69, 9.17) is 21.1 Å². The number of aromatic nitrogens is 5. The summed E-state index contributed by atoms with van der Waals surface area (Å²) in [4.78, 5) is 40.8. The largest absolute Gasteiger partial charge is 0.344 e. The number of hydrogen-bond acceptors (Lipinski definition) is 7. The summed E-state index contributed by atoms with van der Waals surface area (Å²) in [5, 5.41) is 8.54. The Morgan fingerprint density at radius 1 is 1.10 bits per heavy atom. The smallest absolute Gasteiger partial charge is 0.315 e. The number of aromatic amines is 1. The zero-order valence-electron chi connectivity index (χ0n) is 22.8. The van der Waals surface area contributed by atoms with E-state index in [2.05, 4.69) is 30.7 Å². The van der Waals surface area contributed by atoms with Gasteiger partial charge in [0, 0.05) is 40.5 Å². The predicted molar refractivity (Wildman–Crippen MR) is 153 cm³/mol. The summed E-state index contributed by atoms with van der Waals surface area (Å²) >= 11 is 5.86. The van der Waals surface area contributed by atoms with E-state index in [1.54, 1.807) is 49.5 Å². The summed E-state index contributed by atoms with van der Waals surface area (Å²) in [5.74, 6) is -0.637. The van der Waals surface area contributed by atoms with Crippen molar-refractivity contribution in [1.29, 1.82) is 0 Å². The van der Waals surface area contributed by atoms with Crippen molar-refractivity contribution in [3.8, 4) is 22.5 Å². The minimum Gasteiger partial charge on any atom is -0.344 e. The van der Waals surface area contributed by atoms with Crippen molar-refractivity contribution < 1.29 is 18.5 Å². The molecular formula is C29H27ClFN7O3. The molecule has 1 atom stereocenters. The van der Waals surface area contributed by atoms with Gasteiger partial charge in [0.1, 0.15) is 22.5 Å². The van der Waals surface area contributed by atoms with Gasteiger partial charge in [-0.05, 0) is 36.8 Å². The predicted octanol–water partition coefficient (Wildman–Crippen LogP) is 5.61. The van der Waals surface area contributed by atoms with Crippen molar-refractivity contribution in [2.75, 3.05) is 5.32 Å². The molecule has 0 saturated carbocycles. The van der Waals surface area contributed by atoms with E-state index in [0.29, 0.717) is 39.6 Å². The molecular weight excluding hydrogens is 549 g/mol. The minimum atomic E-state index is -0.674. The molecule has 2 amide bonds. The number of imidazole rings is 1. The molecule has 3 N–H and O–H groups in total. The molecule has 0 radical (unpaired) electrons. The van der Waals surface area contributed by atoms with Gasteiger partial charge in [-0.25, -0.2) is 14.4 Å². The van der Waals surface area contributed by atoms with E-state index in [0.717, 1.165) is 5.56 Å². The topological polar surface area (TPSA) is 139 Å². The van der Waals surface area contributed by atoms with Gasteiger partial charge in [0.15, 0.2) is 11.5 Å². The molecule has 10 nitrogen and oxygen atoms in total. The second kappa shape index (κ2) is 11.1. The molecule has 3 heterocycles. The molecule has 210 valence electrons. The SMILES string of the molecule is C[C@@H](Cl)C(=O)Nc1cccc(-c2nc3c(-c4ccc(CNC(=O)c5nc(C(C)(C)C)no5)c(F)c4)ccnc3[nH]2)c1. The molecule has 0 aliphatic heterocycles. The molecule has 0 saturated heterocycles. The van der Waals surface area contributed by atoms with Crippen LogP contribution in [0.3, 0.4) is 0 Å². The van der Waals surface area contributed by atoms with Crippen LogP contribution in [0.25, 0.3) is 33.7 Å². The van der Waals surface area contributed by atoms with Crippen LogP contribution in [0, 0.1) is 5.82 Å². The first kappa shape index (κ1) is 27.9. The third kappa shape index (κ3) is 6.09. The lowest BCUT2D eigenvalue weighted by Gasteiger charge is -2.10. The number of rotatable bonds is 7. The Labute approximate surface area is 239 Å². The third-order valence-electron chi connectivity index (χ3n) is 6.24. The molecule has 0 spiro atoms. The Hall–Kier alpha value is -4.64. The Morgan fingerprint density at radius 3 is 2.61 bits per heavy atom. The van der Waals surface area contributed by atoms with Gasteiger partial charge in [0.05, 0.1) is 0 Å². The maximum Gasteiger partial charge on any atom is 0.315 e. The maximum absolute atomic E-state index is 15.1. The number of anilines is 1. The number of amides is 2.